The predicted molar refractivity (Wildman–Crippen MR) is 92.3 cm³/mol. The first-order chi connectivity index (χ1) is 10.5. The number of hydrogen-bond acceptors (Lipinski definition) is 3. The van der Waals surface area contributed by atoms with Gasteiger partial charge in [-0.25, -0.2) is 9.98 Å². The Morgan fingerprint density at radius 1 is 1.27 bits per heavy atom. The van der Waals surface area contributed by atoms with E-state index >= 15 is 0 Å². The normalized spacial score (nSPS) is 13.1. The molecule has 0 saturated heterocycles. The van der Waals surface area contributed by atoms with Gasteiger partial charge in [-0.3, -0.25) is 0 Å². The molecule has 0 aliphatic rings. The first kappa shape index (κ1) is 18.3. The fourth-order valence-corrected chi connectivity index (χ4v) is 2.00. The second kappa shape index (κ2) is 10.0. The van der Waals surface area contributed by atoms with Gasteiger partial charge in [0.2, 0.25) is 5.88 Å². The largest absolute Gasteiger partial charge is 0.481 e. The molecule has 1 aromatic heterocycles. The van der Waals surface area contributed by atoms with Gasteiger partial charge in [-0.15, -0.1) is 0 Å². The van der Waals surface area contributed by atoms with E-state index < -0.39 is 0 Å². The molecule has 1 unspecified atom stereocenters. The predicted octanol–water partition coefficient (Wildman–Crippen LogP) is 2.97. The Labute approximate surface area is 134 Å². The van der Waals surface area contributed by atoms with Crippen molar-refractivity contribution in [1.82, 2.24) is 15.6 Å². The second-order valence-corrected chi connectivity index (χ2v) is 5.92. The molecule has 2 N–H and O–H groups in total. The van der Waals surface area contributed by atoms with Crippen LogP contribution in [0.3, 0.4) is 0 Å². The monoisotopic (exact) mass is 306 g/mol. The van der Waals surface area contributed by atoms with Crippen molar-refractivity contribution in [2.45, 2.75) is 53.1 Å². The molecular weight excluding hydrogens is 276 g/mol. The van der Waals surface area contributed by atoms with Crippen LogP contribution in [0.5, 0.6) is 5.88 Å². The van der Waals surface area contributed by atoms with E-state index in [1.807, 2.05) is 12.1 Å². The van der Waals surface area contributed by atoms with E-state index in [0.29, 0.717) is 18.5 Å². The maximum absolute atomic E-state index is 5.06. The van der Waals surface area contributed by atoms with E-state index in [1.165, 1.54) is 6.42 Å². The summed E-state index contributed by atoms with van der Waals surface area (Å²) in [6.45, 7) is 10.2. The summed E-state index contributed by atoms with van der Waals surface area (Å²) < 4.78 is 5.06. The summed E-state index contributed by atoms with van der Waals surface area (Å²) >= 11 is 0. The van der Waals surface area contributed by atoms with Gasteiger partial charge in [-0.05, 0) is 38.2 Å². The Balaban J connectivity index is 2.56. The summed E-state index contributed by atoms with van der Waals surface area (Å²) in [5, 5.41) is 6.75. The van der Waals surface area contributed by atoms with Crippen LogP contribution >= 0.6 is 0 Å². The number of rotatable bonds is 8. The number of pyridine rings is 1. The van der Waals surface area contributed by atoms with Gasteiger partial charge in [-0.1, -0.05) is 19.9 Å². The van der Waals surface area contributed by atoms with Crippen LogP contribution in [0.15, 0.2) is 23.3 Å². The van der Waals surface area contributed by atoms with Crippen LogP contribution in [0.1, 0.15) is 46.1 Å². The summed E-state index contributed by atoms with van der Waals surface area (Å²) in [5.74, 6) is 2.21. The lowest BCUT2D eigenvalue weighted by Crippen LogP contribution is -2.42. The standard InChI is InChI=1S/C17H30N4O/c1-6-18-17(21-14(4)8-7-13(2)3)20-12-15-9-10-16(22-5)19-11-15/h9-11,13-14H,6-8,12H2,1-5H3,(H2,18,20,21). The van der Waals surface area contributed by atoms with Crippen LogP contribution in [-0.4, -0.2) is 30.6 Å². The topological polar surface area (TPSA) is 58.5 Å². The quantitative estimate of drug-likeness (QED) is 0.572. The molecule has 1 heterocycles. The van der Waals surface area contributed by atoms with E-state index in [0.717, 1.165) is 30.4 Å². The molecule has 0 fully saturated rings. The van der Waals surface area contributed by atoms with Crippen LogP contribution < -0.4 is 15.4 Å². The van der Waals surface area contributed by atoms with Crippen molar-refractivity contribution in [2.75, 3.05) is 13.7 Å². The number of nitrogens with one attached hydrogen (secondary N) is 2. The van der Waals surface area contributed by atoms with Crippen LogP contribution in [0.4, 0.5) is 0 Å². The molecule has 0 amide bonds. The fourth-order valence-electron chi connectivity index (χ4n) is 2.00. The average molecular weight is 306 g/mol. The molecule has 1 atom stereocenters. The van der Waals surface area contributed by atoms with E-state index in [2.05, 4.69) is 48.3 Å². The first-order valence-electron chi connectivity index (χ1n) is 8.08. The molecule has 124 valence electrons. The molecule has 5 heteroatoms. The zero-order valence-electron chi connectivity index (χ0n) is 14.5. The molecule has 1 rings (SSSR count). The summed E-state index contributed by atoms with van der Waals surface area (Å²) in [6.07, 6.45) is 4.16. The van der Waals surface area contributed by atoms with Crippen molar-refractivity contribution in [2.24, 2.45) is 10.9 Å². The third-order valence-corrected chi connectivity index (χ3v) is 3.33. The van der Waals surface area contributed by atoms with Crippen LogP contribution in [0, 0.1) is 5.92 Å². The number of hydrogen-bond donors (Lipinski definition) is 2. The number of guanidine groups is 1. The number of ether oxygens (including phenoxy) is 1. The Morgan fingerprint density at radius 3 is 2.59 bits per heavy atom. The molecule has 0 spiro atoms. The van der Waals surface area contributed by atoms with Gasteiger partial charge in [0.1, 0.15) is 0 Å². The molecule has 1 aromatic rings. The van der Waals surface area contributed by atoms with Crippen molar-refractivity contribution in [1.29, 1.82) is 0 Å². The number of nitrogens with zero attached hydrogens (tertiary/aromatic N) is 2. The van der Waals surface area contributed by atoms with Crippen molar-refractivity contribution < 1.29 is 4.74 Å². The van der Waals surface area contributed by atoms with Crippen molar-refractivity contribution in [3.05, 3.63) is 23.9 Å². The van der Waals surface area contributed by atoms with Gasteiger partial charge in [0.25, 0.3) is 0 Å². The summed E-state index contributed by atoms with van der Waals surface area (Å²) in [6, 6.07) is 4.26. The van der Waals surface area contributed by atoms with Gasteiger partial charge in [0.15, 0.2) is 5.96 Å². The lowest BCUT2D eigenvalue weighted by molar-refractivity contribution is 0.397. The number of methoxy groups -OCH3 is 1. The van der Waals surface area contributed by atoms with Crippen molar-refractivity contribution in [3.63, 3.8) is 0 Å². The van der Waals surface area contributed by atoms with E-state index in [4.69, 9.17) is 4.74 Å². The van der Waals surface area contributed by atoms with Crippen LogP contribution in [-0.2, 0) is 6.54 Å². The molecule has 0 aliphatic heterocycles. The minimum Gasteiger partial charge on any atom is -0.481 e. The number of aliphatic imine (C=N–C) groups is 1. The minimum atomic E-state index is 0.411. The van der Waals surface area contributed by atoms with E-state index in [-0.39, 0.29) is 0 Å². The van der Waals surface area contributed by atoms with Gasteiger partial charge in [0.05, 0.1) is 13.7 Å². The fraction of sp³-hybridized carbons (Fsp3) is 0.647. The molecule has 0 saturated carbocycles. The third-order valence-electron chi connectivity index (χ3n) is 3.33. The molecule has 0 bridgehead atoms. The maximum atomic E-state index is 5.06. The Bertz CT molecular complexity index is 442. The van der Waals surface area contributed by atoms with E-state index in [9.17, 15) is 0 Å². The zero-order chi connectivity index (χ0) is 16.4. The van der Waals surface area contributed by atoms with Crippen molar-refractivity contribution in [3.8, 4) is 5.88 Å². The van der Waals surface area contributed by atoms with Gasteiger partial charge >= 0.3 is 0 Å². The van der Waals surface area contributed by atoms with Crippen LogP contribution in [0.25, 0.3) is 0 Å². The third kappa shape index (κ3) is 7.29. The highest BCUT2D eigenvalue weighted by Gasteiger charge is 2.06. The second-order valence-electron chi connectivity index (χ2n) is 5.92. The highest BCUT2D eigenvalue weighted by molar-refractivity contribution is 5.80. The lowest BCUT2D eigenvalue weighted by Gasteiger charge is -2.18. The van der Waals surface area contributed by atoms with Gasteiger partial charge in [0, 0.05) is 24.8 Å². The molecule has 0 aliphatic carbocycles. The lowest BCUT2D eigenvalue weighted by atomic mass is 10.0. The average Bonchev–Trinajstić information content (AvgIpc) is 2.51. The summed E-state index contributed by atoms with van der Waals surface area (Å²) in [7, 11) is 1.62. The van der Waals surface area contributed by atoms with Gasteiger partial charge < -0.3 is 15.4 Å². The summed E-state index contributed by atoms with van der Waals surface area (Å²) in [5.41, 5.74) is 1.06. The number of aromatic nitrogens is 1. The minimum absolute atomic E-state index is 0.411. The van der Waals surface area contributed by atoms with Crippen LogP contribution in [0.2, 0.25) is 0 Å². The van der Waals surface area contributed by atoms with Crippen molar-refractivity contribution >= 4 is 5.96 Å². The highest BCUT2D eigenvalue weighted by atomic mass is 16.5. The smallest absolute Gasteiger partial charge is 0.212 e. The Hall–Kier alpha value is -1.78. The molecule has 5 nitrogen and oxygen atoms in total. The highest BCUT2D eigenvalue weighted by Crippen LogP contribution is 2.08. The SMILES string of the molecule is CCNC(=NCc1ccc(OC)nc1)NC(C)CCC(C)C. The Kier molecular flexibility index (Phi) is 8.33. The Morgan fingerprint density at radius 2 is 2.05 bits per heavy atom. The zero-order valence-corrected chi connectivity index (χ0v) is 14.5. The molecule has 0 radical (unpaired) electrons. The van der Waals surface area contributed by atoms with E-state index in [1.54, 1.807) is 13.3 Å². The molecule has 22 heavy (non-hydrogen) atoms. The van der Waals surface area contributed by atoms with Gasteiger partial charge in [-0.2, -0.15) is 0 Å². The molecular formula is C17H30N4O. The first-order valence-corrected chi connectivity index (χ1v) is 8.08. The molecule has 0 aromatic carbocycles. The summed E-state index contributed by atoms with van der Waals surface area (Å²) in [4.78, 5) is 8.82. The maximum Gasteiger partial charge on any atom is 0.212 e.